The van der Waals surface area contributed by atoms with Gasteiger partial charge in [0.05, 0.1) is 13.7 Å². The molecule has 7 heteroatoms. The minimum absolute atomic E-state index is 0.0490. The first-order valence-electron chi connectivity index (χ1n) is 11.2. The number of halogens is 1. The van der Waals surface area contributed by atoms with Gasteiger partial charge in [-0.2, -0.15) is 0 Å². The van der Waals surface area contributed by atoms with Crippen LogP contribution >= 0.6 is 22.6 Å². The van der Waals surface area contributed by atoms with E-state index in [1.54, 1.807) is 19.3 Å². The SMILES string of the molecule is C=Cc1ccc(OCOCCOc2cc(I)ccc2C(=O)OC2(CC)CCCC2)c(OC)c1. The van der Waals surface area contributed by atoms with E-state index in [9.17, 15) is 4.79 Å². The Hall–Kier alpha value is -2.26. The summed E-state index contributed by atoms with van der Waals surface area (Å²) in [5, 5.41) is 0. The Labute approximate surface area is 209 Å². The molecular weight excluding hydrogens is 535 g/mol. The second-order valence-corrected chi connectivity index (χ2v) is 9.15. The van der Waals surface area contributed by atoms with Crippen molar-refractivity contribution in [2.24, 2.45) is 0 Å². The normalized spacial score (nSPS) is 14.5. The Balaban J connectivity index is 1.51. The van der Waals surface area contributed by atoms with Crippen molar-refractivity contribution in [2.75, 3.05) is 27.1 Å². The zero-order valence-corrected chi connectivity index (χ0v) is 21.4. The van der Waals surface area contributed by atoms with Crippen molar-refractivity contribution in [1.82, 2.24) is 0 Å². The Bertz CT molecular complexity index is 952. The minimum atomic E-state index is -0.345. The molecule has 178 valence electrons. The topological polar surface area (TPSA) is 63.2 Å². The van der Waals surface area contributed by atoms with Gasteiger partial charge in [0.25, 0.3) is 0 Å². The Kier molecular flexibility index (Phi) is 9.43. The van der Waals surface area contributed by atoms with Crippen LogP contribution in [0.5, 0.6) is 17.2 Å². The molecule has 0 aliphatic heterocycles. The highest BCUT2D eigenvalue weighted by molar-refractivity contribution is 14.1. The van der Waals surface area contributed by atoms with E-state index in [4.69, 9.17) is 23.7 Å². The first-order chi connectivity index (χ1) is 16.0. The van der Waals surface area contributed by atoms with Crippen molar-refractivity contribution < 1.29 is 28.5 Å². The molecule has 33 heavy (non-hydrogen) atoms. The van der Waals surface area contributed by atoms with Gasteiger partial charge in [-0.05, 0) is 90.6 Å². The molecule has 3 rings (SSSR count). The standard InChI is InChI=1S/C26H31IO6/c1-4-19-8-11-22(24(16-19)29-3)32-18-30-14-15-31-23-17-20(27)9-10-21(23)25(28)33-26(5-2)12-6-7-13-26/h4,8-11,16-17H,1,5-7,12-15,18H2,2-3H3. The van der Waals surface area contributed by atoms with E-state index in [-0.39, 0.29) is 25.0 Å². The zero-order valence-electron chi connectivity index (χ0n) is 19.2. The number of methoxy groups -OCH3 is 1. The van der Waals surface area contributed by atoms with Crippen LogP contribution in [0, 0.1) is 3.57 Å². The number of rotatable bonds is 12. The maximum atomic E-state index is 12.9. The fourth-order valence-electron chi connectivity index (χ4n) is 3.89. The maximum absolute atomic E-state index is 12.9. The van der Waals surface area contributed by atoms with Crippen molar-refractivity contribution in [3.05, 3.63) is 57.7 Å². The van der Waals surface area contributed by atoms with Crippen molar-refractivity contribution in [3.63, 3.8) is 0 Å². The summed E-state index contributed by atoms with van der Waals surface area (Å²) in [5.74, 6) is 1.37. The molecule has 0 bridgehead atoms. The van der Waals surface area contributed by atoms with Crippen LogP contribution in [0.25, 0.3) is 6.08 Å². The van der Waals surface area contributed by atoms with E-state index < -0.39 is 0 Å². The number of carbonyl (C=O) groups is 1. The van der Waals surface area contributed by atoms with Crippen LogP contribution < -0.4 is 14.2 Å². The summed E-state index contributed by atoms with van der Waals surface area (Å²) in [6.45, 7) is 6.44. The summed E-state index contributed by atoms with van der Waals surface area (Å²) in [7, 11) is 1.59. The summed E-state index contributed by atoms with van der Waals surface area (Å²) in [6.07, 6.45) is 6.61. The van der Waals surface area contributed by atoms with Gasteiger partial charge < -0.3 is 23.7 Å². The predicted octanol–water partition coefficient (Wildman–Crippen LogP) is 6.25. The van der Waals surface area contributed by atoms with Crippen LogP contribution in [0.2, 0.25) is 0 Å². The van der Waals surface area contributed by atoms with Gasteiger partial charge in [0.2, 0.25) is 0 Å². The molecule has 0 saturated heterocycles. The first kappa shape index (κ1) is 25.4. The highest BCUT2D eigenvalue weighted by atomic mass is 127. The lowest BCUT2D eigenvalue weighted by molar-refractivity contribution is -0.0180. The summed E-state index contributed by atoms with van der Waals surface area (Å²) < 4.78 is 29.3. The smallest absolute Gasteiger partial charge is 0.342 e. The van der Waals surface area contributed by atoms with Gasteiger partial charge in [-0.3, -0.25) is 0 Å². The monoisotopic (exact) mass is 566 g/mol. The highest BCUT2D eigenvalue weighted by Crippen LogP contribution is 2.37. The fourth-order valence-corrected chi connectivity index (χ4v) is 4.35. The van der Waals surface area contributed by atoms with Gasteiger partial charge in [-0.15, -0.1) is 0 Å². The predicted molar refractivity (Wildman–Crippen MR) is 136 cm³/mol. The largest absolute Gasteiger partial charge is 0.493 e. The molecule has 1 fully saturated rings. The van der Waals surface area contributed by atoms with Crippen molar-refractivity contribution in [2.45, 2.75) is 44.6 Å². The van der Waals surface area contributed by atoms with E-state index >= 15 is 0 Å². The minimum Gasteiger partial charge on any atom is -0.493 e. The Morgan fingerprint density at radius 2 is 1.85 bits per heavy atom. The third-order valence-corrected chi connectivity index (χ3v) is 6.51. The second kappa shape index (κ2) is 12.3. The third-order valence-electron chi connectivity index (χ3n) is 5.84. The van der Waals surface area contributed by atoms with Crippen molar-refractivity contribution in [3.8, 4) is 17.2 Å². The molecule has 1 aliphatic rings. The molecule has 0 heterocycles. The molecular formula is C26H31IO6. The number of carbonyl (C=O) groups excluding carboxylic acids is 1. The van der Waals surface area contributed by atoms with E-state index in [1.807, 2.05) is 30.3 Å². The average Bonchev–Trinajstić information content (AvgIpc) is 3.30. The van der Waals surface area contributed by atoms with Gasteiger partial charge in [0, 0.05) is 3.57 Å². The van der Waals surface area contributed by atoms with Gasteiger partial charge in [-0.25, -0.2) is 4.79 Å². The third kappa shape index (κ3) is 6.86. The molecule has 0 radical (unpaired) electrons. The van der Waals surface area contributed by atoms with E-state index in [2.05, 4.69) is 36.1 Å². The number of benzene rings is 2. The number of hydrogen-bond donors (Lipinski definition) is 0. The van der Waals surface area contributed by atoms with Gasteiger partial charge in [-0.1, -0.05) is 25.6 Å². The molecule has 0 unspecified atom stereocenters. The number of ether oxygens (including phenoxy) is 5. The van der Waals surface area contributed by atoms with Crippen LogP contribution in [-0.2, 0) is 9.47 Å². The molecule has 0 amide bonds. The van der Waals surface area contributed by atoms with Crippen LogP contribution in [0.3, 0.4) is 0 Å². The summed E-state index contributed by atoms with van der Waals surface area (Å²) in [6, 6.07) is 11.0. The van der Waals surface area contributed by atoms with Crippen LogP contribution in [0.15, 0.2) is 43.0 Å². The quantitative estimate of drug-likeness (QED) is 0.131. The molecule has 0 spiro atoms. The Morgan fingerprint density at radius 1 is 1.06 bits per heavy atom. The molecule has 0 atom stereocenters. The molecule has 0 N–H and O–H groups in total. The van der Waals surface area contributed by atoms with Gasteiger partial charge in [0.15, 0.2) is 18.3 Å². The number of hydrogen-bond acceptors (Lipinski definition) is 6. The van der Waals surface area contributed by atoms with Crippen molar-refractivity contribution >= 4 is 34.6 Å². The molecule has 2 aromatic rings. The first-order valence-corrected chi connectivity index (χ1v) is 12.2. The van der Waals surface area contributed by atoms with Crippen LogP contribution in [0.1, 0.15) is 54.9 Å². The van der Waals surface area contributed by atoms with Gasteiger partial charge >= 0.3 is 5.97 Å². The van der Waals surface area contributed by atoms with Gasteiger partial charge in [0.1, 0.15) is 23.5 Å². The zero-order chi connectivity index (χ0) is 23.7. The lowest BCUT2D eigenvalue weighted by Crippen LogP contribution is -2.31. The maximum Gasteiger partial charge on any atom is 0.342 e. The molecule has 6 nitrogen and oxygen atoms in total. The highest BCUT2D eigenvalue weighted by Gasteiger charge is 2.36. The molecule has 0 aromatic heterocycles. The summed E-state index contributed by atoms with van der Waals surface area (Å²) in [5.41, 5.74) is 1.04. The molecule has 1 saturated carbocycles. The lowest BCUT2D eigenvalue weighted by atomic mass is 9.98. The van der Waals surface area contributed by atoms with Crippen LogP contribution in [-0.4, -0.2) is 38.7 Å². The van der Waals surface area contributed by atoms with Crippen molar-refractivity contribution in [1.29, 1.82) is 0 Å². The molecule has 2 aromatic carbocycles. The van der Waals surface area contributed by atoms with Crippen LogP contribution in [0.4, 0.5) is 0 Å². The fraction of sp³-hybridized carbons (Fsp3) is 0.423. The van der Waals surface area contributed by atoms with E-state index in [0.29, 0.717) is 29.4 Å². The number of esters is 1. The van der Waals surface area contributed by atoms with E-state index in [1.165, 1.54) is 0 Å². The Morgan fingerprint density at radius 3 is 2.55 bits per heavy atom. The summed E-state index contributed by atoms with van der Waals surface area (Å²) >= 11 is 2.20. The van der Waals surface area contributed by atoms with E-state index in [0.717, 1.165) is 41.2 Å². The lowest BCUT2D eigenvalue weighted by Gasteiger charge is -2.28. The average molecular weight is 566 g/mol. The second-order valence-electron chi connectivity index (χ2n) is 7.91. The molecule has 1 aliphatic carbocycles. The summed E-state index contributed by atoms with van der Waals surface area (Å²) in [4.78, 5) is 12.9.